The molecule has 23 heavy (non-hydrogen) atoms. The summed E-state index contributed by atoms with van der Waals surface area (Å²) in [5.41, 5.74) is -0.504. The highest BCUT2D eigenvalue weighted by atomic mass is 35.5. The lowest BCUT2D eigenvalue weighted by molar-refractivity contribution is -0.384. The van der Waals surface area contributed by atoms with Gasteiger partial charge in [0, 0.05) is 12.1 Å². The van der Waals surface area contributed by atoms with E-state index in [4.69, 9.17) is 16.7 Å². The minimum absolute atomic E-state index is 0.0143. The van der Waals surface area contributed by atoms with Gasteiger partial charge in [-0.2, -0.15) is 0 Å². The van der Waals surface area contributed by atoms with Crippen LogP contribution in [0.3, 0.4) is 0 Å². The monoisotopic (exact) mass is 356 g/mol. The second-order valence-electron chi connectivity index (χ2n) is 4.36. The molecule has 0 aliphatic heterocycles. The average molecular weight is 357 g/mol. The highest BCUT2D eigenvalue weighted by Crippen LogP contribution is 2.26. The third-order valence-corrected chi connectivity index (χ3v) is 4.53. The molecule has 0 fully saturated rings. The van der Waals surface area contributed by atoms with Crippen LogP contribution in [0.25, 0.3) is 0 Å². The number of halogens is 1. The van der Waals surface area contributed by atoms with Crippen LogP contribution >= 0.6 is 11.6 Å². The molecule has 0 radical (unpaired) electrons. The molecular weight excluding hydrogens is 348 g/mol. The second kappa shape index (κ2) is 6.23. The van der Waals surface area contributed by atoms with E-state index in [1.165, 1.54) is 12.1 Å². The first-order valence-corrected chi connectivity index (χ1v) is 7.87. The van der Waals surface area contributed by atoms with E-state index in [0.29, 0.717) is 0 Å². The molecule has 10 heteroatoms. The van der Waals surface area contributed by atoms with Crippen LogP contribution in [0.5, 0.6) is 0 Å². The van der Waals surface area contributed by atoms with Crippen molar-refractivity contribution in [3.05, 3.63) is 63.2 Å². The normalized spacial score (nSPS) is 11.0. The summed E-state index contributed by atoms with van der Waals surface area (Å²) in [6.07, 6.45) is 0. The Kier molecular flexibility index (Phi) is 4.52. The number of carbonyl (C=O) groups is 1. The van der Waals surface area contributed by atoms with E-state index in [9.17, 15) is 23.3 Å². The molecule has 2 N–H and O–H groups in total. The Morgan fingerprint density at radius 1 is 1.17 bits per heavy atom. The number of rotatable bonds is 5. The number of nitrogens with one attached hydrogen (secondary N) is 1. The molecule has 2 aromatic rings. The standard InChI is InChI=1S/C13H9ClN2O6S/c14-11-6-1-8(13(17)18)7-12(11)15-23(21,22)10-4-2-9(3-5-10)16(19)20/h1-7,15H,(H,17,18). The van der Waals surface area contributed by atoms with Crippen LogP contribution in [0.15, 0.2) is 47.4 Å². The average Bonchev–Trinajstić information content (AvgIpc) is 2.49. The quantitative estimate of drug-likeness (QED) is 0.626. The molecule has 2 rings (SSSR count). The number of sulfonamides is 1. The van der Waals surface area contributed by atoms with Crippen LogP contribution in [0.2, 0.25) is 5.02 Å². The van der Waals surface area contributed by atoms with Crippen LogP contribution in [0.1, 0.15) is 10.4 Å². The van der Waals surface area contributed by atoms with Crippen molar-refractivity contribution in [3.63, 3.8) is 0 Å². The number of hydrogen-bond acceptors (Lipinski definition) is 5. The number of nitro benzene ring substituents is 1. The van der Waals surface area contributed by atoms with Crippen LogP contribution in [0, 0.1) is 10.1 Å². The maximum Gasteiger partial charge on any atom is 0.335 e. The summed E-state index contributed by atoms with van der Waals surface area (Å²) >= 11 is 5.85. The lowest BCUT2D eigenvalue weighted by atomic mass is 10.2. The van der Waals surface area contributed by atoms with Gasteiger partial charge in [0.1, 0.15) is 0 Å². The molecular formula is C13H9ClN2O6S. The fourth-order valence-corrected chi connectivity index (χ4v) is 2.98. The molecule has 0 unspecified atom stereocenters. The largest absolute Gasteiger partial charge is 0.478 e. The Bertz CT molecular complexity index is 880. The Morgan fingerprint density at radius 3 is 2.30 bits per heavy atom. The first-order chi connectivity index (χ1) is 10.7. The van der Waals surface area contributed by atoms with Crippen molar-refractivity contribution in [2.75, 3.05) is 4.72 Å². The van der Waals surface area contributed by atoms with Gasteiger partial charge >= 0.3 is 5.97 Å². The Labute approximate surface area is 135 Å². The smallest absolute Gasteiger partial charge is 0.335 e. The summed E-state index contributed by atoms with van der Waals surface area (Å²) in [6.45, 7) is 0. The second-order valence-corrected chi connectivity index (χ2v) is 6.45. The van der Waals surface area contributed by atoms with Crippen LogP contribution in [-0.4, -0.2) is 24.4 Å². The molecule has 0 saturated heterocycles. The zero-order chi connectivity index (χ0) is 17.2. The van der Waals surface area contributed by atoms with E-state index >= 15 is 0 Å². The topological polar surface area (TPSA) is 127 Å². The fraction of sp³-hybridized carbons (Fsp3) is 0. The van der Waals surface area contributed by atoms with Crippen molar-refractivity contribution in [2.24, 2.45) is 0 Å². The number of aromatic carboxylic acids is 1. The molecule has 0 bridgehead atoms. The maximum atomic E-state index is 12.2. The summed E-state index contributed by atoms with van der Waals surface area (Å²) in [5.74, 6) is -1.24. The molecule has 0 saturated carbocycles. The first-order valence-electron chi connectivity index (χ1n) is 6.01. The predicted octanol–water partition coefficient (Wildman–Crippen LogP) is 2.75. The molecule has 120 valence electrons. The minimum atomic E-state index is -4.07. The Morgan fingerprint density at radius 2 is 1.78 bits per heavy atom. The molecule has 0 aliphatic carbocycles. The summed E-state index contributed by atoms with van der Waals surface area (Å²) < 4.78 is 26.6. The van der Waals surface area contributed by atoms with Gasteiger partial charge in [-0.1, -0.05) is 11.6 Å². The molecule has 8 nitrogen and oxygen atoms in total. The van der Waals surface area contributed by atoms with Crippen molar-refractivity contribution in [1.82, 2.24) is 0 Å². The van der Waals surface area contributed by atoms with Crippen LogP contribution in [-0.2, 0) is 10.0 Å². The lowest BCUT2D eigenvalue weighted by Crippen LogP contribution is -2.13. The van der Waals surface area contributed by atoms with E-state index in [1.807, 2.05) is 0 Å². The minimum Gasteiger partial charge on any atom is -0.478 e. The van der Waals surface area contributed by atoms with Crippen LogP contribution < -0.4 is 4.72 Å². The van der Waals surface area contributed by atoms with Crippen molar-refractivity contribution >= 4 is 39.0 Å². The highest BCUT2D eigenvalue weighted by molar-refractivity contribution is 7.92. The number of hydrogen-bond donors (Lipinski definition) is 2. The number of nitro groups is 1. The van der Waals surface area contributed by atoms with Crippen LogP contribution in [0.4, 0.5) is 11.4 Å². The SMILES string of the molecule is O=C(O)c1ccc(Cl)c(NS(=O)(=O)c2ccc([N+](=O)[O-])cc2)c1. The van der Waals surface area contributed by atoms with Gasteiger partial charge in [0.15, 0.2) is 0 Å². The number of carboxylic acids is 1. The number of nitrogens with zero attached hydrogens (tertiary/aromatic N) is 1. The van der Waals surface area contributed by atoms with E-state index < -0.39 is 20.9 Å². The third kappa shape index (κ3) is 3.76. The Hall–Kier alpha value is -2.65. The molecule has 0 aliphatic rings. The highest BCUT2D eigenvalue weighted by Gasteiger charge is 2.18. The van der Waals surface area contributed by atoms with E-state index in [-0.39, 0.29) is 26.9 Å². The van der Waals surface area contributed by atoms with Crippen molar-refractivity contribution in [2.45, 2.75) is 4.90 Å². The molecule has 0 heterocycles. The number of carboxylic acid groups (broad SMARTS) is 1. The zero-order valence-electron chi connectivity index (χ0n) is 11.3. The summed E-state index contributed by atoms with van der Waals surface area (Å²) in [5, 5.41) is 19.5. The maximum absolute atomic E-state index is 12.2. The number of non-ortho nitro benzene ring substituents is 1. The van der Waals surface area contributed by atoms with Gasteiger partial charge in [-0.05, 0) is 30.3 Å². The summed E-state index contributed by atoms with van der Waals surface area (Å²) in [4.78, 5) is 20.6. The summed E-state index contributed by atoms with van der Waals surface area (Å²) in [6, 6.07) is 7.78. The molecule has 0 spiro atoms. The number of anilines is 1. The van der Waals surface area contributed by atoms with Crippen molar-refractivity contribution in [1.29, 1.82) is 0 Å². The van der Waals surface area contributed by atoms with E-state index in [2.05, 4.69) is 4.72 Å². The van der Waals surface area contributed by atoms with Gasteiger partial charge in [0.05, 0.1) is 26.1 Å². The molecule has 0 atom stereocenters. The predicted molar refractivity (Wildman–Crippen MR) is 82.3 cm³/mol. The lowest BCUT2D eigenvalue weighted by Gasteiger charge is -2.10. The number of benzene rings is 2. The van der Waals surface area contributed by atoms with Crippen molar-refractivity contribution in [3.8, 4) is 0 Å². The molecule has 0 amide bonds. The zero-order valence-corrected chi connectivity index (χ0v) is 12.8. The van der Waals surface area contributed by atoms with Gasteiger partial charge < -0.3 is 5.11 Å². The Balaban J connectivity index is 2.36. The van der Waals surface area contributed by atoms with E-state index in [1.54, 1.807) is 0 Å². The van der Waals surface area contributed by atoms with Gasteiger partial charge in [-0.3, -0.25) is 14.8 Å². The third-order valence-electron chi connectivity index (χ3n) is 2.82. The first kappa shape index (κ1) is 16.7. The molecule has 2 aromatic carbocycles. The van der Waals surface area contributed by atoms with Gasteiger partial charge in [-0.15, -0.1) is 0 Å². The van der Waals surface area contributed by atoms with E-state index in [0.717, 1.165) is 30.3 Å². The van der Waals surface area contributed by atoms with Gasteiger partial charge in [-0.25, -0.2) is 13.2 Å². The van der Waals surface area contributed by atoms with Gasteiger partial charge in [0.25, 0.3) is 15.7 Å². The summed E-state index contributed by atoms with van der Waals surface area (Å²) in [7, 11) is -4.07. The van der Waals surface area contributed by atoms with Crippen molar-refractivity contribution < 1.29 is 23.2 Å². The van der Waals surface area contributed by atoms with Gasteiger partial charge in [0.2, 0.25) is 0 Å². The molecule has 0 aromatic heterocycles. The fourth-order valence-electron chi connectivity index (χ4n) is 1.69.